The van der Waals surface area contributed by atoms with Crippen LogP contribution in [-0.4, -0.2) is 28.2 Å². The third kappa shape index (κ3) is 5.60. The quantitative estimate of drug-likeness (QED) is 0.711. The fourth-order valence-electron chi connectivity index (χ4n) is 1.70. The Morgan fingerprint density at radius 3 is 2.50 bits per heavy atom. The topological polar surface area (TPSA) is 55.4 Å². The van der Waals surface area contributed by atoms with Crippen LogP contribution >= 0.6 is 0 Å². The monoisotopic (exact) mass is 321 g/mol. The van der Waals surface area contributed by atoms with Crippen LogP contribution in [0.25, 0.3) is 0 Å². The van der Waals surface area contributed by atoms with Gasteiger partial charge >= 0.3 is 0 Å². The zero-order valence-corrected chi connectivity index (χ0v) is 13.9. The predicted octanol–water partition coefficient (Wildman–Crippen LogP) is 2.98. The first-order valence-electron chi connectivity index (χ1n) is 7.05. The van der Waals surface area contributed by atoms with Crippen LogP contribution in [0.4, 0.5) is 0 Å². The van der Waals surface area contributed by atoms with Gasteiger partial charge in [0.1, 0.15) is 0 Å². The molecule has 22 heavy (non-hydrogen) atoms. The first-order chi connectivity index (χ1) is 10.4. The van der Waals surface area contributed by atoms with Crippen molar-refractivity contribution < 1.29 is 13.2 Å². The Bertz CT molecular complexity index is 643. The number of hydrogen-bond acceptors (Lipinski definition) is 3. The maximum atomic E-state index is 12.2. The van der Waals surface area contributed by atoms with Crippen LogP contribution in [0.5, 0.6) is 0 Å². The highest BCUT2D eigenvalue weighted by Crippen LogP contribution is 2.11. The van der Waals surface area contributed by atoms with Crippen molar-refractivity contribution in [2.24, 2.45) is 0 Å². The fraction of sp³-hybridized carbons (Fsp3) is 0.294. The van der Waals surface area contributed by atoms with Crippen molar-refractivity contribution in [3.63, 3.8) is 0 Å². The van der Waals surface area contributed by atoms with E-state index in [0.29, 0.717) is 13.2 Å². The van der Waals surface area contributed by atoms with Crippen molar-refractivity contribution in [1.29, 1.82) is 0 Å². The van der Waals surface area contributed by atoms with E-state index in [1.165, 1.54) is 0 Å². The van der Waals surface area contributed by atoms with Gasteiger partial charge in [0, 0.05) is 13.2 Å². The highest BCUT2D eigenvalue weighted by Gasteiger charge is 2.12. The van der Waals surface area contributed by atoms with Crippen molar-refractivity contribution in [3.05, 3.63) is 66.3 Å². The van der Waals surface area contributed by atoms with Crippen LogP contribution in [0, 0.1) is 6.92 Å². The van der Waals surface area contributed by atoms with Gasteiger partial charge in [-0.15, -0.1) is 0 Å². The van der Waals surface area contributed by atoms with E-state index in [4.69, 9.17) is 4.74 Å². The molecule has 120 valence electrons. The van der Waals surface area contributed by atoms with Crippen LogP contribution in [0.1, 0.15) is 12.5 Å². The first-order valence-corrected chi connectivity index (χ1v) is 8.54. The Hall–Kier alpha value is -1.69. The Labute approximate surface area is 133 Å². The predicted molar refractivity (Wildman–Crippen MR) is 90.3 cm³/mol. The number of aryl methyl sites for hydroxylation is 1. The normalized spacial score (nSPS) is 12.2. The summed E-state index contributed by atoms with van der Waals surface area (Å²) in [7, 11) is -3.52. The maximum absolute atomic E-state index is 12.2. The molecule has 0 unspecified atom stereocenters. The SMILES string of the molecule is C=CC(=C)/C(=C\CNS(=O)(=O)c1ccc(C)cc1)COCC. The molecule has 0 radical (unpaired) electrons. The minimum Gasteiger partial charge on any atom is -0.377 e. The summed E-state index contributed by atoms with van der Waals surface area (Å²) in [5.74, 6) is 0. The molecule has 4 nitrogen and oxygen atoms in total. The molecule has 0 heterocycles. The number of nitrogens with one attached hydrogen (secondary N) is 1. The summed E-state index contributed by atoms with van der Waals surface area (Å²) in [6.07, 6.45) is 3.38. The molecule has 5 heteroatoms. The van der Waals surface area contributed by atoms with E-state index < -0.39 is 10.0 Å². The lowest BCUT2D eigenvalue weighted by Crippen LogP contribution is -2.24. The molecule has 1 rings (SSSR count). The highest BCUT2D eigenvalue weighted by atomic mass is 32.2. The second-order valence-electron chi connectivity index (χ2n) is 4.76. The van der Waals surface area contributed by atoms with E-state index in [1.807, 2.05) is 13.8 Å². The summed E-state index contributed by atoms with van der Waals surface area (Å²) in [6.45, 7) is 12.5. The molecule has 1 N–H and O–H groups in total. The maximum Gasteiger partial charge on any atom is 0.240 e. The molecule has 0 aliphatic rings. The number of allylic oxidation sites excluding steroid dienone is 1. The second kappa shape index (κ2) is 8.68. The van der Waals surface area contributed by atoms with Crippen LogP contribution in [0.2, 0.25) is 0 Å². The molecule has 1 aromatic carbocycles. The lowest BCUT2D eigenvalue weighted by Gasteiger charge is -2.09. The van der Waals surface area contributed by atoms with Crippen molar-refractivity contribution in [3.8, 4) is 0 Å². The number of ether oxygens (including phenoxy) is 1. The zero-order valence-electron chi connectivity index (χ0n) is 13.1. The summed E-state index contributed by atoms with van der Waals surface area (Å²) in [6, 6.07) is 6.71. The minimum absolute atomic E-state index is 0.172. The van der Waals surface area contributed by atoms with Crippen LogP contribution in [-0.2, 0) is 14.8 Å². The molecule has 0 aromatic heterocycles. The molecule has 0 saturated heterocycles. The third-order valence-corrected chi connectivity index (χ3v) is 4.51. The van der Waals surface area contributed by atoms with E-state index in [-0.39, 0.29) is 11.4 Å². The first kappa shape index (κ1) is 18.4. The second-order valence-corrected chi connectivity index (χ2v) is 6.53. The van der Waals surface area contributed by atoms with Crippen molar-refractivity contribution in [2.75, 3.05) is 19.8 Å². The van der Waals surface area contributed by atoms with Gasteiger partial charge in [-0.05, 0) is 37.1 Å². The summed E-state index contributed by atoms with van der Waals surface area (Å²) in [5, 5.41) is 0. The Morgan fingerprint density at radius 1 is 1.32 bits per heavy atom. The molecule has 0 amide bonds. The summed E-state index contributed by atoms with van der Waals surface area (Å²) in [4.78, 5) is 0.250. The van der Waals surface area contributed by atoms with E-state index in [2.05, 4.69) is 17.9 Å². The van der Waals surface area contributed by atoms with Gasteiger partial charge in [0.2, 0.25) is 10.0 Å². The van der Waals surface area contributed by atoms with Gasteiger partial charge in [-0.1, -0.05) is 43.0 Å². The summed E-state index contributed by atoms with van der Waals surface area (Å²) >= 11 is 0. The average molecular weight is 321 g/mol. The lowest BCUT2D eigenvalue weighted by atomic mass is 10.1. The largest absolute Gasteiger partial charge is 0.377 e. The molecular formula is C17H23NO3S. The van der Waals surface area contributed by atoms with Gasteiger partial charge in [-0.2, -0.15) is 0 Å². The number of rotatable bonds is 9. The number of sulfonamides is 1. The van der Waals surface area contributed by atoms with Gasteiger partial charge in [-0.25, -0.2) is 13.1 Å². The van der Waals surface area contributed by atoms with Crippen LogP contribution in [0.15, 0.2) is 65.6 Å². The third-order valence-electron chi connectivity index (χ3n) is 3.07. The molecule has 0 spiro atoms. The Kier molecular flexibility index (Phi) is 7.24. The average Bonchev–Trinajstić information content (AvgIpc) is 2.50. The van der Waals surface area contributed by atoms with E-state index in [9.17, 15) is 8.42 Å². The van der Waals surface area contributed by atoms with E-state index in [1.54, 1.807) is 36.4 Å². The number of hydrogen-bond donors (Lipinski definition) is 1. The van der Waals surface area contributed by atoms with Gasteiger partial charge < -0.3 is 4.74 Å². The molecule has 0 bridgehead atoms. The van der Waals surface area contributed by atoms with E-state index >= 15 is 0 Å². The van der Waals surface area contributed by atoms with Gasteiger partial charge in [0.05, 0.1) is 11.5 Å². The summed E-state index contributed by atoms with van der Waals surface area (Å²) in [5.41, 5.74) is 2.56. The molecule has 0 aliphatic heterocycles. The molecule has 0 aliphatic carbocycles. The lowest BCUT2D eigenvalue weighted by molar-refractivity contribution is 0.172. The standard InChI is InChI=1S/C17H23NO3S/c1-5-15(4)16(13-21-6-2)11-12-18-22(19,20)17-9-7-14(3)8-10-17/h5,7-11,18H,1,4,6,12-13H2,2-3H3/b16-11-. The van der Waals surface area contributed by atoms with Gasteiger partial charge in [-0.3, -0.25) is 0 Å². The van der Waals surface area contributed by atoms with Crippen molar-refractivity contribution in [1.82, 2.24) is 4.72 Å². The zero-order chi connectivity index (χ0) is 16.6. The van der Waals surface area contributed by atoms with Gasteiger partial charge in [0.15, 0.2) is 0 Å². The Morgan fingerprint density at radius 2 is 1.95 bits per heavy atom. The minimum atomic E-state index is -3.52. The van der Waals surface area contributed by atoms with Crippen LogP contribution < -0.4 is 4.72 Å². The van der Waals surface area contributed by atoms with Crippen LogP contribution in [0.3, 0.4) is 0 Å². The van der Waals surface area contributed by atoms with Gasteiger partial charge in [0.25, 0.3) is 0 Å². The smallest absolute Gasteiger partial charge is 0.240 e. The summed E-state index contributed by atoms with van der Waals surface area (Å²) < 4.78 is 32.2. The molecule has 0 atom stereocenters. The molecule has 0 fully saturated rings. The molecular weight excluding hydrogens is 298 g/mol. The van der Waals surface area contributed by atoms with E-state index in [0.717, 1.165) is 16.7 Å². The molecule has 1 aromatic rings. The fourth-order valence-corrected chi connectivity index (χ4v) is 2.66. The number of benzene rings is 1. The molecule has 0 saturated carbocycles. The highest BCUT2D eigenvalue weighted by molar-refractivity contribution is 7.89. The van der Waals surface area contributed by atoms with Crippen molar-refractivity contribution >= 4 is 10.0 Å². The van der Waals surface area contributed by atoms with Crippen molar-refractivity contribution in [2.45, 2.75) is 18.7 Å². The Balaban J connectivity index is 2.77.